The second-order valence-electron chi connectivity index (χ2n) is 19.0. The van der Waals surface area contributed by atoms with Crippen LogP contribution in [0.1, 0.15) is 82.3 Å². The number of carbonyl (C=O) groups is 2. The van der Waals surface area contributed by atoms with Crippen LogP contribution in [-0.4, -0.2) is 76.6 Å². The molecule has 1 saturated heterocycles. The largest absolute Gasteiger partial charge is 0.487 e. The molecule has 10 aromatic rings. The van der Waals surface area contributed by atoms with Crippen molar-refractivity contribution >= 4 is 150 Å². The van der Waals surface area contributed by atoms with Gasteiger partial charge in [0.2, 0.25) is 10.6 Å². The highest BCUT2D eigenvalue weighted by atomic mass is 127. The van der Waals surface area contributed by atoms with Crippen molar-refractivity contribution in [1.29, 1.82) is 0 Å². The van der Waals surface area contributed by atoms with Gasteiger partial charge in [-0.25, -0.2) is 19.9 Å². The van der Waals surface area contributed by atoms with E-state index in [0.29, 0.717) is 123 Å². The average Bonchev–Trinajstić information content (AvgIpc) is 4.22. The molecule has 1 atom stereocenters. The highest BCUT2D eigenvalue weighted by Crippen LogP contribution is 2.41. The maximum atomic E-state index is 10.9. The number of benzene rings is 6. The van der Waals surface area contributed by atoms with E-state index in [9.17, 15) is 9.59 Å². The summed E-state index contributed by atoms with van der Waals surface area (Å²) in [6, 6.07) is 32.9. The van der Waals surface area contributed by atoms with Crippen LogP contribution in [-0.2, 0) is 31.1 Å². The van der Waals surface area contributed by atoms with Gasteiger partial charge in [-0.2, -0.15) is 9.97 Å². The summed E-state index contributed by atoms with van der Waals surface area (Å²) in [6.07, 6.45) is 7.65. The molecule has 0 amide bonds. The van der Waals surface area contributed by atoms with Crippen molar-refractivity contribution < 1.29 is 28.5 Å². The molecule has 0 bridgehead atoms. The van der Waals surface area contributed by atoms with E-state index in [1.807, 2.05) is 28.8 Å². The summed E-state index contributed by atoms with van der Waals surface area (Å²) in [5, 5.41) is 2.82. The third-order valence-electron chi connectivity index (χ3n) is 13.4. The smallest absolute Gasteiger partial charge is 0.225 e. The van der Waals surface area contributed by atoms with E-state index in [1.165, 1.54) is 11.9 Å². The average molecular weight is 1420 g/mol. The van der Waals surface area contributed by atoms with Crippen molar-refractivity contribution in [2.24, 2.45) is 0 Å². The van der Waals surface area contributed by atoms with Crippen molar-refractivity contribution in [3.8, 4) is 39.8 Å². The van der Waals surface area contributed by atoms with Crippen LogP contribution in [0.15, 0.2) is 122 Å². The number of halogens is 9. The fourth-order valence-electron chi connectivity index (χ4n) is 8.80. The number of hydrogen-bond donors (Lipinski definition) is 1. The van der Waals surface area contributed by atoms with Gasteiger partial charge in [-0.05, 0) is 137 Å². The van der Waals surface area contributed by atoms with Crippen LogP contribution in [0, 0.1) is 3.57 Å². The van der Waals surface area contributed by atoms with Gasteiger partial charge in [0.25, 0.3) is 0 Å². The topological polar surface area (TPSA) is 172 Å². The zero-order valence-corrected chi connectivity index (χ0v) is 53.5. The lowest BCUT2D eigenvalue weighted by Crippen LogP contribution is -2.22. The van der Waals surface area contributed by atoms with Crippen molar-refractivity contribution in [3.63, 3.8) is 0 Å². The number of nitrogens with one attached hydrogen (secondary N) is 1. The van der Waals surface area contributed by atoms with Crippen LogP contribution in [0.5, 0.6) is 17.2 Å². The van der Waals surface area contributed by atoms with E-state index >= 15 is 0 Å². The molecule has 1 aliphatic heterocycles. The molecular formula is C61H50Cl8IN9O6. The highest BCUT2D eigenvalue weighted by Gasteiger charge is 2.24. The van der Waals surface area contributed by atoms with Crippen molar-refractivity contribution in [3.05, 3.63) is 200 Å². The first-order valence-corrected chi connectivity index (χ1v) is 30.5. The molecule has 0 saturated carbocycles. The van der Waals surface area contributed by atoms with Gasteiger partial charge in [0, 0.05) is 39.0 Å². The van der Waals surface area contributed by atoms with Gasteiger partial charge in [-0.1, -0.05) is 156 Å². The van der Waals surface area contributed by atoms with E-state index in [0.717, 1.165) is 71.7 Å². The third kappa shape index (κ3) is 16.4. The monoisotopic (exact) mass is 1410 g/mol. The molecule has 6 aromatic carbocycles. The van der Waals surface area contributed by atoms with Gasteiger partial charge < -0.3 is 23.9 Å². The summed E-state index contributed by atoms with van der Waals surface area (Å²) >= 11 is 52.4. The molecule has 4 aromatic heterocycles. The normalized spacial score (nSPS) is 13.0. The number of aldehydes is 2. The minimum atomic E-state index is -0.150. The first-order valence-electron chi connectivity index (χ1n) is 26.4. The van der Waals surface area contributed by atoms with E-state index in [1.54, 1.807) is 67.0 Å². The number of H-pyrrole nitrogens is 1. The van der Waals surface area contributed by atoms with E-state index in [2.05, 4.69) is 100 Å². The van der Waals surface area contributed by atoms with Gasteiger partial charge in [-0.3, -0.25) is 19.1 Å². The first-order chi connectivity index (χ1) is 41.1. The van der Waals surface area contributed by atoms with E-state index in [-0.39, 0.29) is 23.4 Å². The molecule has 5 heterocycles. The van der Waals surface area contributed by atoms with Crippen LogP contribution >= 0.6 is 115 Å². The Hall–Kier alpha value is -5.87. The SMILES string of the molecule is CCN(CC)Cc1ccc(COc2cc(-c3nc(Cl)nc4nc[nH]c34)c(Cl)cc2Cl)cc1.O=Cc1ccc(COc2cc(-c3nc(Cl)nc4c3ncn4C3CCCCO3)c(Cl)cc2Cl)cc1.O=Cc1ccc(COc2cc(I)c(Cl)cc2Cl)cc1. The molecule has 1 unspecified atom stereocenters. The molecule has 0 aliphatic carbocycles. The predicted molar refractivity (Wildman–Crippen MR) is 346 cm³/mol. The predicted octanol–water partition coefficient (Wildman–Crippen LogP) is 17.9. The zero-order chi connectivity index (χ0) is 60.1. The lowest BCUT2D eigenvalue weighted by atomic mass is 10.1. The Morgan fingerprint density at radius 2 is 1.09 bits per heavy atom. The standard InChI is InChI=1S/C24H19Cl3N4O3.C23H22Cl3N5O.C14H9Cl2IO2/c25-17-10-18(26)19(34-12-15-6-4-14(11-32)5-7-15)9-16(17)21-22-23(30-24(27)29-21)31(13-28-22)20-3-1-2-8-33-20;1-3-31(4-2)11-14-5-7-15(8-6-14)12-32-19-9-16(17(24)10-18(19)25)20-21-22(28-13-27-21)30-23(26)29-20;15-11-5-12(16)14(6-13(11)17)19-8-10-3-1-9(7-18)2-4-10/h4-7,9-11,13,20H,1-3,8,12H2;5-10,13H,3-4,11-12H2,1-2H3,(H,27,28,29,30);1-7H,8H2. The molecule has 15 nitrogen and oxygen atoms in total. The maximum absolute atomic E-state index is 10.9. The molecule has 0 spiro atoms. The Morgan fingerprint density at radius 1 is 0.600 bits per heavy atom. The third-order valence-corrected chi connectivity index (χ3v) is 16.8. The Labute approximate surface area is 543 Å². The zero-order valence-electron chi connectivity index (χ0n) is 45.3. The summed E-state index contributed by atoms with van der Waals surface area (Å²) in [5.41, 5.74) is 9.83. The van der Waals surface area contributed by atoms with Gasteiger partial charge in [-0.15, -0.1) is 0 Å². The van der Waals surface area contributed by atoms with Crippen LogP contribution < -0.4 is 14.2 Å². The van der Waals surface area contributed by atoms with Gasteiger partial charge in [0.15, 0.2) is 11.3 Å². The number of hydrogen-bond acceptors (Lipinski definition) is 13. The second kappa shape index (κ2) is 30.2. The Bertz CT molecular complexity index is 3960. The Kier molecular flexibility index (Phi) is 22.6. The Morgan fingerprint density at radius 3 is 1.62 bits per heavy atom. The van der Waals surface area contributed by atoms with E-state index in [4.69, 9.17) is 112 Å². The molecule has 438 valence electrons. The number of aromatic amines is 1. The molecule has 11 rings (SSSR count). The van der Waals surface area contributed by atoms with E-state index < -0.39 is 0 Å². The summed E-state index contributed by atoms with van der Waals surface area (Å²) in [4.78, 5) is 52.8. The molecule has 1 N–H and O–H groups in total. The first kappa shape index (κ1) is 63.6. The minimum Gasteiger partial charge on any atom is -0.487 e. The molecule has 0 radical (unpaired) electrons. The molecule has 24 heteroatoms. The number of nitrogens with zero attached hydrogens (tertiary/aromatic N) is 8. The van der Waals surface area contributed by atoms with Crippen molar-refractivity contribution in [1.82, 2.24) is 44.4 Å². The summed E-state index contributed by atoms with van der Waals surface area (Å²) in [5.74, 6) is 1.52. The summed E-state index contributed by atoms with van der Waals surface area (Å²) in [7, 11) is 0. The van der Waals surface area contributed by atoms with Gasteiger partial charge in [0.05, 0.1) is 42.8 Å². The molecule has 1 fully saturated rings. The van der Waals surface area contributed by atoms with Crippen LogP contribution in [0.2, 0.25) is 40.7 Å². The number of aromatic nitrogens is 8. The van der Waals surface area contributed by atoms with Crippen molar-refractivity contribution in [2.75, 3.05) is 19.7 Å². The van der Waals surface area contributed by atoms with Gasteiger partial charge >= 0.3 is 0 Å². The lowest BCUT2D eigenvalue weighted by Gasteiger charge is -2.23. The Balaban J connectivity index is 0.000000159. The van der Waals surface area contributed by atoms with Crippen LogP contribution in [0.25, 0.3) is 44.8 Å². The number of ether oxygens (including phenoxy) is 4. The number of imidazole rings is 2. The summed E-state index contributed by atoms with van der Waals surface area (Å²) < 4.78 is 26.3. The quantitative estimate of drug-likeness (QED) is 0.0373. The molecular weight excluding hydrogens is 1370 g/mol. The fraction of sp³-hybridized carbons (Fsp3) is 0.213. The summed E-state index contributed by atoms with van der Waals surface area (Å²) in [6.45, 7) is 9.04. The molecule has 1 aliphatic rings. The number of carbonyl (C=O) groups excluding carboxylic acids is 2. The van der Waals surface area contributed by atoms with Crippen molar-refractivity contribution in [2.45, 2.75) is 65.7 Å². The maximum Gasteiger partial charge on any atom is 0.225 e. The lowest BCUT2D eigenvalue weighted by molar-refractivity contribution is -0.0298. The highest BCUT2D eigenvalue weighted by molar-refractivity contribution is 14.1. The number of rotatable bonds is 18. The minimum absolute atomic E-state index is 0.0730. The van der Waals surface area contributed by atoms with Gasteiger partial charge in [0.1, 0.15) is 78.3 Å². The fourth-order valence-corrected chi connectivity index (χ4v) is 11.1. The molecule has 85 heavy (non-hydrogen) atoms. The van der Waals surface area contributed by atoms with Crippen LogP contribution in [0.3, 0.4) is 0 Å². The van der Waals surface area contributed by atoms with Crippen LogP contribution in [0.4, 0.5) is 0 Å². The number of fused-ring (bicyclic) bond motifs is 2. The second-order valence-corrected chi connectivity index (χ2v) is 23.3.